The zero-order valence-electron chi connectivity index (χ0n) is 10.2. The van der Waals surface area contributed by atoms with Crippen LogP contribution in [0.3, 0.4) is 0 Å². The molecular weight excluding hydrogens is 204 g/mol. The molecular formula is C11H24N4O. The number of hydrogen-bond acceptors (Lipinski definition) is 4. The number of piperazine rings is 1. The Morgan fingerprint density at radius 1 is 1.25 bits per heavy atom. The molecule has 1 heterocycles. The van der Waals surface area contributed by atoms with Gasteiger partial charge in [0.15, 0.2) is 0 Å². The van der Waals surface area contributed by atoms with Crippen molar-refractivity contribution in [3.8, 4) is 0 Å². The maximum atomic E-state index is 11.4. The van der Waals surface area contributed by atoms with Crippen LogP contribution in [0.2, 0.25) is 0 Å². The molecule has 1 rings (SSSR count). The second-order valence-corrected chi connectivity index (χ2v) is 4.21. The fraction of sp³-hybridized carbons (Fsp3) is 0.909. The van der Waals surface area contributed by atoms with E-state index in [1.165, 1.54) is 0 Å². The van der Waals surface area contributed by atoms with Gasteiger partial charge in [-0.05, 0) is 26.4 Å². The van der Waals surface area contributed by atoms with Gasteiger partial charge < -0.3 is 16.0 Å². The molecule has 1 aliphatic heterocycles. The lowest BCUT2D eigenvalue weighted by Crippen LogP contribution is -2.49. The van der Waals surface area contributed by atoms with E-state index in [9.17, 15) is 4.79 Å². The van der Waals surface area contributed by atoms with Crippen molar-refractivity contribution in [1.29, 1.82) is 0 Å². The Kier molecular flexibility index (Phi) is 6.37. The molecule has 0 radical (unpaired) electrons. The minimum absolute atomic E-state index is 0.137. The van der Waals surface area contributed by atoms with Gasteiger partial charge in [-0.1, -0.05) is 0 Å². The van der Waals surface area contributed by atoms with Crippen LogP contribution in [-0.4, -0.2) is 68.1 Å². The molecule has 5 nitrogen and oxygen atoms in total. The molecule has 0 aromatic carbocycles. The van der Waals surface area contributed by atoms with Crippen LogP contribution < -0.4 is 11.1 Å². The first-order valence-electron chi connectivity index (χ1n) is 6.17. The minimum Gasteiger partial charge on any atom is -0.355 e. The van der Waals surface area contributed by atoms with Gasteiger partial charge in [-0.3, -0.25) is 9.69 Å². The third kappa shape index (κ3) is 4.92. The van der Waals surface area contributed by atoms with E-state index in [2.05, 4.69) is 15.1 Å². The van der Waals surface area contributed by atoms with E-state index >= 15 is 0 Å². The number of nitrogens with two attached hydrogens (primary N) is 1. The summed E-state index contributed by atoms with van der Waals surface area (Å²) in [5.41, 5.74) is 5.48. The van der Waals surface area contributed by atoms with Crippen LogP contribution in [0.4, 0.5) is 0 Å². The maximum absolute atomic E-state index is 11.4. The zero-order chi connectivity index (χ0) is 11.8. The third-order valence-corrected chi connectivity index (χ3v) is 2.88. The van der Waals surface area contributed by atoms with Crippen LogP contribution >= 0.6 is 0 Å². The summed E-state index contributed by atoms with van der Waals surface area (Å²) in [6, 6.07) is 0. The highest BCUT2D eigenvalue weighted by atomic mass is 16.2. The van der Waals surface area contributed by atoms with E-state index < -0.39 is 0 Å². The van der Waals surface area contributed by atoms with Gasteiger partial charge in [-0.25, -0.2) is 0 Å². The second kappa shape index (κ2) is 7.60. The smallest absolute Gasteiger partial charge is 0.234 e. The van der Waals surface area contributed by atoms with Crippen LogP contribution in [0, 0.1) is 0 Å². The molecule has 0 spiro atoms. The van der Waals surface area contributed by atoms with Crippen molar-refractivity contribution in [2.24, 2.45) is 5.73 Å². The molecule has 1 amide bonds. The Labute approximate surface area is 98.0 Å². The van der Waals surface area contributed by atoms with Crippen molar-refractivity contribution in [3.05, 3.63) is 0 Å². The van der Waals surface area contributed by atoms with Crippen LogP contribution in [0.25, 0.3) is 0 Å². The molecule has 3 N–H and O–H groups in total. The Morgan fingerprint density at radius 3 is 2.44 bits per heavy atom. The van der Waals surface area contributed by atoms with Gasteiger partial charge in [0.1, 0.15) is 0 Å². The van der Waals surface area contributed by atoms with Gasteiger partial charge in [0.05, 0.1) is 6.54 Å². The monoisotopic (exact) mass is 228 g/mol. The first kappa shape index (κ1) is 13.4. The van der Waals surface area contributed by atoms with Crippen LogP contribution in [0.1, 0.15) is 13.3 Å². The lowest BCUT2D eigenvalue weighted by Gasteiger charge is -2.34. The van der Waals surface area contributed by atoms with Crippen molar-refractivity contribution in [2.45, 2.75) is 13.3 Å². The average molecular weight is 228 g/mol. The van der Waals surface area contributed by atoms with Crippen molar-refractivity contribution in [2.75, 3.05) is 52.4 Å². The SMILES string of the molecule is CCNC(=O)CN1CCN(CCCN)CC1. The Morgan fingerprint density at radius 2 is 1.88 bits per heavy atom. The van der Waals surface area contributed by atoms with Crippen LogP contribution in [0.5, 0.6) is 0 Å². The zero-order valence-corrected chi connectivity index (χ0v) is 10.2. The summed E-state index contributed by atoms with van der Waals surface area (Å²) in [7, 11) is 0. The Hall–Kier alpha value is -0.650. The fourth-order valence-electron chi connectivity index (χ4n) is 1.94. The van der Waals surface area contributed by atoms with E-state index in [4.69, 9.17) is 5.73 Å². The summed E-state index contributed by atoms with van der Waals surface area (Å²) in [5.74, 6) is 0.137. The van der Waals surface area contributed by atoms with Gasteiger partial charge in [-0.2, -0.15) is 0 Å². The number of likely N-dealkylation sites (N-methyl/N-ethyl adjacent to an activating group) is 1. The molecule has 0 saturated carbocycles. The molecule has 1 fully saturated rings. The van der Waals surface area contributed by atoms with Gasteiger partial charge in [0.2, 0.25) is 5.91 Å². The first-order valence-corrected chi connectivity index (χ1v) is 6.17. The van der Waals surface area contributed by atoms with E-state index in [-0.39, 0.29) is 5.91 Å². The van der Waals surface area contributed by atoms with Crippen molar-refractivity contribution in [1.82, 2.24) is 15.1 Å². The lowest BCUT2D eigenvalue weighted by atomic mass is 10.3. The number of carbonyl (C=O) groups excluding carboxylic acids is 1. The van der Waals surface area contributed by atoms with Crippen molar-refractivity contribution in [3.63, 3.8) is 0 Å². The molecule has 0 aliphatic carbocycles. The standard InChI is InChI=1S/C11H24N4O/c1-2-13-11(16)10-15-8-6-14(7-9-15)5-3-4-12/h2-10,12H2,1H3,(H,13,16). The Bertz CT molecular complexity index is 202. The number of nitrogens with zero attached hydrogens (tertiary/aromatic N) is 2. The molecule has 0 atom stereocenters. The van der Waals surface area contributed by atoms with Gasteiger partial charge in [0.25, 0.3) is 0 Å². The number of amides is 1. The number of rotatable bonds is 6. The summed E-state index contributed by atoms with van der Waals surface area (Å²) in [5, 5.41) is 2.83. The molecule has 16 heavy (non-hydrogen) atoms. The normalized spacial score (nSPS) is 18.6. The first-order chi connectivity index (χ1) is 7.76. The molecule has 1 aliphatic rings. The predicted molar refractivity (Wildman–Crippen MR) is 65.2 cm³/mol. The molecule has 5 heteroatoms. The molecule has 0 aromatic rings. The van der Waals surface area contributed by atoms with Crippen LogP contribution in [-0.2, 0) is 4.79 Å². The summed E-state index contributed by atoms with van der Waals surface area (Å²) in [4.78, 5) is 16.0. The summed E-state index contributed by atoms with van der Waals surface area (Å²) in [6.45, 7) is 9.14. The summed E-state index contributed by atoms with van der Waals surface area (Å²) >= 11 is 0. The van der Waals surface area contributed by atoms with E-state index in [0.29, 0.717) is 6.54 Å². The van der Waals surface area contributed by atoms with Gasteiger partial charge >= 0.3 is 0 Å². The molecule has 0 unspecified atom stereocenters. The number of nitrogens with one attached hydrogen (secondary N) is 1. The third-order valence-electron chi connectivity index (χ3n) is 2.88. The quantitative estimate of drug-likeness (QED) is 0.618. The predicted octanol–water partition coefficient (Wildman–Crippen LogP) is -0.911. The largest absolute Gasteiger partial charge is 0.355 e. The summed E-state index contributed by atoms with van der Waals surface area (Å²) < 4.78 is 0. The number of hydrogen-bond donors (Lipinski definition) is 2. The lowest BCUT2D eigenvalue weighted by molar-refractivity contribution is -0.122. The van der Waals surface area contributed by atoms with E-state index in [1.807, 2.05) is 6.92 Å². The summed E-state index contributed by atoms with van der Waals surface area (Å²) in [6.07, 6.45) is 1.07. The molecule has 0 aromatic heterocycles. The topological polar surface area (TPSA) is 61.6 Å². The minimum atomic E-state index is 0.137. The highest BCUT2D eigenvalue weighted by molar-refractivity contribution is 5.77. The molecule has 0 bridgehead atoms. The van der Waals surface area contributed by atoms with E-state index in [1.54, 1.807) is 0 Å². The van der Waals surface area contributed by atoms with Gasteiger partial charge in [-0.15, -0.1) is 0 Å². The molecule has 94 valence electrons. The fourth-order valence-corrected chi connectivity index (χ4v) is 1.94. The van der Waals surface area contributed by atoms with E-state index in [0.717, 1.165) is 52.2 Å². The maximum Gasteiger partial charge on any atom is 0.234 e. The number of carbonyl (C=O) groups is 1. The highest BCUT2D eigenvalue weighted by Crippen LogP contribution is 2.01. The van der Waals surface area contributed by atoms with Gasteiger partial charge in [0, 0.05) is 32.7 Å². The average Bonchev–Trinajstić information content (AvgIpc) is 2.28. The van der Waals surface area contributed by atoms with Crippen molar-refractivity contribution >= 4 is 5.91 Å². The molecule has 1 saturated heterocycles. The second-order valence-electron chi connectivity index (χ2n) is 4.21. The van der Waals surface area contributed by atoms with Crippen LogP contribution in [0.15, 0.2) is 0 Å². The van der Waals surface area contributed by atoms with Crippen molar-refractivity contribution < 1.29 is 4.79 Å². The highest BCUT2D eigenvalue weighted by Gasteiger charge is 2.17. The Balaban J connectivity index is 2.14.